The van der Waals surface area contributed by atoms with Gasteiger partial charge >= 0.3 is 0 Å². The molecule has 0 aromatic carbocycles. The molecule has 0 radical (unpaired) electrons. The predicted molar refractivity (Wildman–Crippen MR) is 113 cm³/mol. The highest BCUT2D eigenvalue weighted by Gasteiger charge is 2.31. The number of carbonyl (C=O) groups is 1. The maximum atomic E-state index is 13.2. The summed E-state index contributed by atoms with van der Waals surface area (Å²) in [6.07, 6.45) is 4.24. The van der Waals surface area contributed by atoms with Crippen LogP contribution >= 0.6 is 0 Å². The predicted octanol–water partition coefficient (Wildman–Crippen LogP) is 2.27. The monoisotopic (exact) mass is 406 g/mol. The van der Waals surface area contributed by atoms with E-state index >= 15 is 0 Å². The molecule has 1 saturated heterocycles. The molecule has 2 aliphatic rings. The second kappa shape index (κ2) is 10.5. The van der Waals surface area contributed by atoms with Crippen LogP contribution in [0.3, 0.4) is 0 Å². The third kappa shape index (κ3) is 6.03. The van der Waals surface area contributed by atoms with Crippen LogP contribution in [0.2, 0.25) is 0 Å². The highest BCUT2D eigenvalue weighted by Crippen LogP contribution is 2.27. The molecule has 1 amide bonds. The zero-order chi connectivity index (χ0) is 20.8. The molecule has 0 spiro atoms. The largest absolute Gasteiger partial charge is 0.379 e. The molecule has 1 aromatic heterocycles. The molecule has 7 heteroatoms. The van der Waals surface area contributed by atoms with Gasteiger partial charge in [-0.2, -0.15) is 5.10 Å². The van der Waals surface area contributed by atoms with Crippen molar-refractivity contribution in [2.24, 2.45) is 5.92 Å². The van der Waals surface area contributed by atoms with Crippen molar-refractivity contribution in [3.8, 4) is 0 Å². The van der Waals surface area contributed by atoms with E-state index in [1.165, 1.54) is 5.69 Å². The average Bonchev–Trinajstić information content (AvgIpc) is 3.04. The Labute approximate surface area is 175 Å². The molecule has 1 aromatic rings. The number of hydrogen-bond acceptors (Lipinski definition) is 5. The molecule has 1 aliphatic heterocycles. The Morgan fingerprint density at radius 2 is 2.03 bits per heavy atom. The number of fused-ring (bicyclic) bond motifs is 1. The van der Waals surface area contributed by atoms with E-state index in [0.717, 1.165) is 50.9 Å². The van der Waals surface area contributed by atoms with Gasteiger partial charge in [0.15, 0.2) is 5.69 Å². The highest BCUT2D eigenvalue weighted by atomic mass is 16.5. The van der Waals surface area contributed by atoms with Crippen molar-refractivity contribution in [3.05, 3.63) is 17.0 Å². The first-order valence-corrected chi connectivity index (χ1v) is 11.3. The fraction of sp³-hybridized carbons (Fsp3) is 0.818. The first-order valence-electron chi connectivity index (χ1n) is 11.3. The topological polar surface area (TPSA) is 68.6 Å². The van der Waals surface area contributed by atoms with Crippen molar-refractivity contribution in [2.75, 3.05) is 39.5 Å². The highest BCUT2D eigenvalue weighted by molar-refractivity contribution is 5.94. The van der Waals surface area contributed by atoms with Gasteiger partial charge in [-0.25, -0.2) is 0 Å². The number of hydrogen-bond donors (Lipinski definition) is 1. The average molecular weight is 407 g/mol. The lowest BCUT2D eigenvalue weighted by Gasteiger charge is -2.28. The van der Waals surface area contributed by atoms with Gasteiger partial charge in [-0.05, 0) is 52.0 Å². The van der Waals surface area contributed by atoms with Crippen molar-refractivity contribution in [1.82, 2.24) is 20.0 Å². The van der Waals surface area contributed by atoms with E-state index in [2.05, 4.69) is 37.7 Å². The minimum absolute atomic E-state index is 0.0676. The van der Waals surface area contributed by atoms with Crippen molar-refractivity contribution in [3.63, 3.8) is 0 Å². The first kappa shape index (κ1) is 22.2. The molecule has 0 saturated carbocycles. The second-order valence-corrected chi connectivity index (χ2v) is 8.92. The van der Waals surface area contributed by atoms with Crippen LogP contribution in [-0.2, 0) is 28.9 Å². The number of amides is 1. The molecule has 29 heavy (non-hydrogen) atoms. The van der Waals surface area contributed by atoms with E-state index in [1.807, 2.05) is 4.90 Å². The number of ether oxygens (including phenoxy) is 2. The van der Waals surface area contributed by atoms with Crippen LogP contribution in [0, 0.1) is 5.92 Å². The maximum Gasteiger partial charge on any atom is 0.274 e. The van der Waals surface area contributed by atoms with Crippen LogP contribution in [0.25, 0.3) is 0 Å². The third-order valence-corrected chi connectivity index (χ3v) is 5.59. The minimum atomic E-state index is 0.0676. The molecule has 7 nitrogen and oxygen atoms in total. The standard InChI is InChI=1S/C22H38N4O3/c1-16(2)15-26-20-7-6-18(23-8-5-11-29-17(3)4)14-19(20)21(24-26)22(27)25-9-12-28-13-10-25/h16-18,23H,5-15H2,1-4H3/t18-/m0/s1. The van der Waals surface area contributed by atoms with Crippen LogP contribution in [0.4, 0.5) is 0 Å². The molecule has 0 bridgehead atoms. The zero-order valence-electron chi connectivity index (χ0n) is 18.6. The Bertz CT molecular complexity index is 665. The van der Waals surface area contributed by atoms with Gasteiger partial charge < -0.3 is 19.7 Å². The Morgan fingerprint density at radius 3 is 2.72 bits per heavy atom. The summed E-state index contributed by atoms with van der Waals surface area (Å²) in [7, 11) is 0. The molecular weight excluding hydrogens is 368 g/mol. The van der Waals surface area contributed by atoms with E-state index in [-0.39, 0.29) is 12.0 Å². The molecule has 1 fully saturated rings. The van der Waals surface area contributed by atoms with Crippen LogP contribution < -0.4 is 5.32 Å². The molecule has 1 aliphatic carbocycles. The Kier molecular flexibility index (Phi) is 8.09. The third-order valence-electron chi connectivity index (χ3n) is 5.59. The summed E-state index contributed by atoms with van der Waals surface area (Å²) >= 11 is 0. The van der Waals surface area contributed by atoms with Gasteiger partial charge in [-0.15, -0.1) is 0 Å². The number of morpholine rings is 1. The molecular formula is C22H38N4O3. The van der Waals surface area contributed by atoms with E-state index in [1.54, 1.807) is 0 Å². The Balaban J connectivity index is 1.68. The fourth-order valence-corrected chi connectivity index (χ4v) is 4.14. The molecule has 2 heterocycles. The summed E-state index contributed by atoms with van der Waals surface area (Å²) in [5, 5.41) is 8.48. The maximum absolute atomic E-state index is 13.2. The second-order valence-electron chi connectivity index (χ2n) is 8.92. The van der Waals surface area contributed by atoms with Crippen molar-refractivity contribution >= 4 is 5.91 Å². The van der Waals surface area contributed by atoms with Gasteiger partial charge in [0.2, 0.25) is 0 Å². The molecule has 1 N–H and O–H groups in total. The zero-order valence-corrected chi connectivity index (χ0v) is 18.6. The van der Waals surface area contributed by atoms with E-state index in [9.17, 15) is 4.79 Å². The van der Waals surface area contributed by atoms with Gasteiger partial charge in [0.25, 0.3) is 5.91 Å². The van der Waals surface area contributed by atoms with Gasteiger partial charge in [0, 0.05) is 43.5 Å². The summed E-state index contributed by atoms with van der Waals surface area (Å²) in [5.41, 5.74) is 3.08. The van der Waals surface area contributed by atoms with Crippen molar-refractivity contribution in [1.29, 1.82) is 0 Å². The summed E-state index contributed by atoms with van der Waals surface area (Å²) < 4.78 is 13.1. The SMILES string of the molecule is CC(C)Cn1nc(C(=O)N2CCOCC2)c2c1CC[C@H](NCCCOC(C)C)C2. The van der Waals surface area contributed by atoms with E-state index in [4.69, 9.17) is 14.6 Å². The van der Waals surface area contributed by atoms with Crippen molar-refractivity contribution in [2.45, 2.75) is 72.1 Å². The Morgan fingerprint density at radius 1 is 1.28 bits per heavy atom. The van der Waals surface area contributed by atoms with Gasteiger partial charge in [-0.1, -0.05) is 13.8 Å². The number of nitrogens with one attached hydrogen (secondary N) is 1. The molecule has 0 unspecified atom stereocenters. The summed E-state index contributed by atoms with van der Waals surface area (Å²) in [6, 6.07) is 0.398. The molecule has 3 rings (SSSR count). The number of aromatic nitrogens is 2. The number of rotatable bonds is 9. The van der Waals surface area contributed by atoms with Gasteiger partial charge in [0.05, 0.1) is 19.3 Å². The van der Waals surface area contributed by atoms with E-state index < -0.39 is 0 Å². The molecule has 1 atom stereocenters. The van der Waals surface area contributed by atoms with Crippen molar-refractivity contribution < 1.29 is 14.3 Å². The van der Waals surface area contributed by atoms with Crippen LogP contribution in [0.15, 0.2) is 0 Å². The smallest absolute Gasteiger partial charge is 0.274 e. The van der Waals surface area contributed by atoms with Crippen LogP contribution in [0.5, 0.6) is 0 Å². The lowest BCUT2D eigenvalue weighted by Crippen LogP contribution is -2.42. The van der Waals surface area contributed by atoms with Gasteiger partial charge in [-0.3, -0.25) is 9.48 Å². The van der Waals surface area contributed by atoms with Gasteiger partial charge in [0.1, 0.15) is 0 Å². The normalized spacial score (nSPS) is 19.8. The first-order chi connectivity index (χ1) is 14.0. The lowest BCUT2D eigenvalue weighted by atomic mass is 9.91. The quantitative estimate of drug-likeness (QED) is 0.637. The fourth-order valence-electron chi connectivity index (χ4n) is 4.14. The summed E-state index contributed by atoms with van der Waals surface area (Å²) in [6.45, 7) is 13.7. The lowest BCUT2D eigenvalue weighted by molar-refractivity contribution is 0.0297. The Hall–Kier alpha value is -1.44. The van der Waals surface area contributed by atoms with Crippen LogP contribution in [0.1, 0.15) is 62.3 Å². The number of nitrogens with zero attached hydrogens (tertiary/aromatic N) is 3. The summed E-state index contributed by atoms with van der Waals surface area (Å²) in [5.74, 6) is 0.570. The number of carbonyl (C=O) groups excluding carboxylic acids is 1. The summed E-state index contributed by atoms with van der Waals surface area (Å²) in [4.78, 5) is 15.1. The van der Waals surface area contributed by atoms with E-state index in [0.29, 0.717) is 44.0 Å². The minimum Gasteiger partial charge on any atom is -0.379 e. The van der Waals surface area contributed by atoms with Crippen LogP contribution in [-0.4, -0.2) is 72.2 Å². The molecule has 164 valence electrons.